The maximum Gasteiger partial charge on any atom is 0.405 e. The van der Waals surface area contributed by atoms with Crippen LogP contribution in [0.25, 0.3) is 0 Å². The number of nitrogens with two attached hydrogens (primary N) is 1. The predicted octanol–water partition coefficient (Wildman–Crippen LogP) is 1.80. The standard InChI is InChI=1S/C20H22F3N7O2/c21-20(22,23)16-15(25-7-8-26-16)17-28-19(27-11-13-5-3-12(10-24)4-6-13)30(29-17)18(31)14-2-1-9-32-14/h1-6,9,15-16,25-26H,7-8,10-11,24H2,(H,27,28,29). The number of carbonyl (C=O) groups is 1. The molecule has 1 fully saturated rings. The fourth-order valence-corrected chi connectivity index (χ4v) is 3.43. The fourth-order valence-electron chi connectivity index (χ4n) is 3.43. The second-order valence-electron chi connectivity index (χ2n) is 7.27. The number of furan rings is 1. The van der Waals surface area contributed by atoms with Gasteiger partial charge >= 0.3 is 12.1 Å². The SMILES string of the molecule is NCc1ccc(CNc2nc(C3NCCNC3C(F)(F)F)nn2C(=O)c2ccco2)cc1. The average Bonchev–Trinajstić information content (AvgIpc) is 3.47. The van der Waals surface area contributed by atoms with E-state index in [9.17, 15) is 18.0 Å². The lowest BCUT2D eigenvalue weighted by molar-refractivity contribution is -0.166. The molecule has 0 aliphatic carbocycles. The Kier molecular flexibility index (Phi) is 6.26. The van der Waals surface area contributed by atoms with Crippen LogP contribution >= 0.6 is 0 Å². The Bertz CT molecular complexity index is 1050. The maximum atomic E-state index is 13.5. The molecule has 1 aromatic carbocycles. The van der Waals surface area contributed by atoms with Crippen molar-refractivity contribution in [1.82, 2.24) is 25.4 Å². The molecule has 2 aromatic heterocycles. The molecule has 3 heterocycles. The molecule has 1 aliphatic rings. The number of carbonyl (C=O) groups excluding carboxylic acids is 1. The molecule has 12 heteroatoms. The van der Waals surface area contributed by atoms with Gasteiger partial charge in [0.25, 0.3) is 0 Å². The number of nitrogens with zero attached hydrogens (tertiary/aromatic N) is 3. The van der Waals surface area contributed by atoms with E-state index in [1.807, 2.05) is 24.3 Å². The molecule has 0 spiro atoms. The predicted molar refractivity (Wildman–Crippen MR) is 109 cm³/mol. The summed E-state index contributed by atoms with van der Waals surface area (Å²) in [6.45, 7) is 1.13. The molecule has 32 heavy (non-hydrogen) atoms. The highest BCUT2D eigenvalue weighted by atomic mass is 19.4. The Morgan fingerprint density at radius 1 is 1.19 bits per heavy atom. The van der Waals surface area contributed by atoms with Crippen molar-refractivity contribution in [2.45, 2.75) is 31.3 Å². The lowest BCUT2D eigenvalue weighted by Crippen LogP contribution is -2.57. The number of nitrogens with one attached hydrogen (secondary N) is 3. The first-order valence-corrected chi connectivity index (χ1v) is 9.97. The molecule has 0 saturated carbocycles. The van der Waals surface area contributed by atoms with Crippen LogP contribution in [0, 0.1) is 0 Å². The lowest BCUT2D eigenvalue weighted by Gasteiger charge is -2.33. The van der Waals surface area contributed by atoms with Gasteiger partial charge in [-0.1, -0.05) is 24.3 Å². The van der Waals surface area contributed by atoms with Gasteiger partial charge in [-0.15, -0.1) is 5.10 Å². The highest BCUT2D eigenvalue weighted by molar-refractivity contribution is 5.94. The van der Waals surface area contributed by atoms with Gasteiger partial charge in [0.05, 0.1) is 12.3 Å². The molecule has 0 radical (unpaired) electrons. The van der Waals surface area contributed by atoms with Gasteiger partial charge in [-0.25, -0.2) is 0 Å². The Hall–Kier alpha value is -3.22. The van der Waals surface area contributed by atoms with Crippen molar-refractivity contribution < 1.29 is 22.4 Å². The molecular formula is C20H22F3N7O2. The van der Waals surface area contributed by atoms with Crippen LogP contribution in [-0.2, 0) is 13.1 Å². The molecule has 2 unspecified atom stereocenters. The molecule has 5 N–H and O–H groups in total. The lowest BCUT2D eigenvalue weighted by atomic mass is 10.1. The van der Waals surface area contributed by atoms with Crippen LogP contribution in [0.5, 0.6) is 0 Å². The van der Waals surface area contributed by atoms with Gasteiger partial charge < -0.3 is 26.1 Å². The molecular weight excluding hydrogens is 427 g/mol. The Morgan fingerprint density at radius 3 is 2.56 bits per heavy atom. The summed E-state index contributed by atoms with van der Waals surface area (Å²) < 4.78 is 46.6. The number of anilines is 1. The number of alkyl halides is 3. The van der Waals surface area contributed by atoms with Crippen LogP contribution in [0.4, 0.5) is 19.1 Å². The van der Waals surface area contributed by atoms with Gasteiger partial charge in [0.2, 0.25) is 5.95 Å². The van der Waals surface area contributed by atoms with E-state index in [0.29, 0.717) is 13.1 Å². The van der Waals surface area contributed by atoms with E-state index in [1.165, 1.54) is 18.4 Å². The minimum absolute atomic E-state index is 0.0117. The van der Waals surface area contributed by atoms with Crippen molar-refractivity contribution in [3.05, 3.63) is 65.4 Å². The van der Waals surface area contributed by atoms with E-state index >= 15 is 0 Å². The molecule has 170 valence electrons. The van der Waals surface area contributed by atoms with Crippen LogP contribution < -0.4 is 21.7 Å². The summed E-state index contributed by atoms with van der Waals surface area (Å²) in [5, 5.41) is 12.3. The minimum atomic E-state index is -4.52. The van der Waals surface area contributed by atoms with Crippen molar-refractivity contribution in [3.63, 3.8) is 0 Å². The van der Waals surface area contributed by atoms with Crippen LogP contribution in [0.15, 0.2) is 47.1 Å². The third-order valence-electron chi connectivity index (χ3n) is 5.07. The number of benzene rings is 1. The quantitative estimate of drug-likeness (QED) is 0.449. The second-order valence-corrected chi connectivity index (χ2v) is 7.27. The smallest absolute Gasteiger partial charge is 0.405 e. The molecule has 2 atom stereocenters. The largest absolute Gasteiger partial charge is 0.459 e. The summed E-state index contributed by atoms with van der Waals surface area (Å²) in [7, 11) is 0. The molecule has 1 saturated heterocycles. The zero-order valence-electron chi connectivity index (χ0n) is 16.9. The zero-order valence-corrected chi connectivity index (χ0v) is 16.9. The molecule has 0 bridgehead atoms. The van der Waals surface area contributed by atoms with Crippen molar-refractivity contribution in [2.75, 3.05) is 18.4 Å². The number of piperazine rings is 1. The van der Waals surface area contributed by atoms with Crippen LogP contribution in [0.1, 0.15) is 33.5 Å². The van der Waals surface area contributed by atoms with Gasteiger partial charge in [-0.2, -0.15) is 22.8 Å². The van der Waals surface area contributed by atoms with E-state index in [1.54, 1.807) is 0 Å². The van der Waals surface area contributed by atoms with E-state index in [2.05, 4.69) is 26.0 Å². The van der Waals surface area contributed by atoms with Crippen LogP contribution in [-0.4, -0.2) is 46.0 Å². The topological polar surface area (TPSA) is 123 Å². The zero-order chi connectivity index (χ0) is 22.7. The number of aromatic nitrogens is 3. The summed E-state index contributed by atoms with van der Waals surface area (Å²) in [6.07, 6.45) is -3.20. The van der Waals surface area contributed by atoms with E-state index < -0.39 is 24.2 Å². The van der Waals surface area contributed by atoms with E-state index in [0.717, 1.165) is 15.8 Å². The molecule has 1 aliphatic heterocycles. The first kappa shape index (κ1) is 22.0. The first-order valence-electron chi connectivity index (χ1n) is 9.97. The summed E-state index contributed by atoms with van der Waals surface area (Å²) in [6, 6.07) is 7.29. The van der Waals surface area contributed by atoms with Gasteiger partial charge in [-0.3, -0.25) is 4.79 Å². The normalized spacial score (nSPS) is 19.1. The van der Waals surface area contributed by atoms with Gasteiger partial charge in [0.15, 0.2) is 11.6 Å². The minimum Gasteiger partial charge on any atom is -0.459 e. The molecule has 4 rings (SSSR count). The molecule has 9 nitrogen and oxygen atoms in total. The Labute approximate surface area is 181 Å². The van der Waals surface area contributed by atoms with E-state index in [4.69, 9.17) is 10.2 Å². The third kappa shape index (κ3) is 4.66. The Morgan fingerprint density at radius 2 is 1.91 bits per heavy atom. The summed E-state index contributed by atoms with van der Waals surface area (Å²) in [4.78, 5) is 17.1. The van der Waals surface area contributed by atoms with Gasteiger partial charge in [0, 0.05) is 26.2 Å². The van der Waals surface area contributed by atoms with Crippen LogP contribution in [0.3, 0.4) is 0 Å². The monoisotopic (exact) mass is 449 g/mol. The fraction of sp³-hybridized carbons (Fsp3) is 0.350. The van der Waals surface area contributed by atoms with E-state index in [-0.39, 0.29) is 30.6 Å². The van der Waals surface area contributed by atoms with Gasteiger partial charge in [0.1, 0.15) is 6.04 Å². The number of rotatable bonds is 6. The number of hydrogen-bond acceptors (Lipinski definition) is 8. The second kappa shape index (κ2) is 9.10. The van der Waals surface area contributed by atoms with Crippen LogP contribution in [0.2, 0.25) is 0 Å². The van der Waals surface area contributed by atoms with Crippen molar-refractivity contribution in [1.29, 1.82) is 0 Å². The highest BCUT2D eigenvalue weighted by Crippen LogP contribution is 2.31. The third-order valence-corrected chi connectivity index (χ3v) is 5.07. The highest BCUT2D eigenvalue weighted by Gasteiger charge is 2.48. The Balaban J connectivity index is 1.64. The van der Waals surface area contributed by atoms with Crippen molar-refractivity contribution in [2.24, 2.45) is 5.73 Å². The van der Waals surface area contributed by atoms with Gasteiger partial charge in [-0.05, 0) is 23.3 Å². The molecule has 0 amide bonds. The molecule has 3 aromatic rings. The first-order chi connectivity index (χ1) is 15.4. The summed E-state index contributed by atoms with van der Waals surface area (Å²) in [5.41, 5.74) is 7.43. The number of hydrogen-bond donors (Lipinski definition) is 4. The van der Waals surface area contributed by atoms with Crippen molar-refractivity contribution >= 4 is 11.9 Å². The summed E-state index contributed by atoms with van der Waals surface area (Å²) in [5.74, 6) is -0.807. The maximum absolute atomic E-state index is 13.5. The number of halogens is 3. The average molecular weight is 449 g/mol. The summed E-state index contributed by atoms with van der Waals surface area (Å²) >= 11 is 0. The van der Waals surface area contributed by atoms with Crippen molar-refractivity contribution in [3.8, 4) is 0 Å².